The highest BCUT2D eigenvalue weighted by Crippen LogP contribution is 2.23. The second-order valence-electron chi connectivity index (χ2n) is 11.5. The number of nitrogens with zero attached hydrogens (tertiary/aromatic N) is 2. The summed E-state index contributed by atoms with van der Waals surface area (Å²) in [6.45, 7) is -0.461. The number of amides is 2. The predicted octanol–water partition coefficient (Wildman–Crippen LogP) is 5.69. The number of hydrogen-bond donors (Lipinski definition) is 1. The molecule has 0 aromatic heterocycles. The van der Waals surface area contributed by atoms with E-state index in [4.69, 9.17) is 0 Å². The van der Waals surface area contributed by atoms with Gasteiger partial charge in [-0.05, 0) is 59.0 Å². The number of benzene rings is 4. The lowest BCUT2D eigenvalue weighted by atomic mass is 9.94. The summed E-state index contributed by atoms with van der Waals surface area (Å²) in [7, 11) is -2.66. The van der Waals surface area contributed by atoms with Crippen LogP contribution in [0.4, 0.5) is 4.39 Å². The third-order valence-electron chi connectivity index (χ3n) is 8.28. The van der Waals surface area contributed by atoms with Gasteiger partial charge >= 0.3 is 0 Å². The van der Waals surface area contributed by atoms with E-state index in [0.717, 1.165) is 52.7 Å². The highest BCUT2D eigenvalue weighted by molar-refractivity contribution is 7.89. The number of nitrogens with one attached hydrogen (secondary N) is 1. The third kappa shape index (κ3) is 7.70. The molecule has 9 heteroatoms. The smallest absolute Gasteiger partial charge is 0.243 e. The van der Waals surface area contributed by atoms with E-state index in [-0.39, 0.29) is 29.8 Å². The molecule has 1 saturated carbocycles. The van der Waals surface area contributed by atoms with Crippen LogP contribution < -0.4 is 5.32 Å². The van der Waals surface area contributed by atoms with Crippen molar-refractivity contribution in [2.24, 2.45) is 0 Å². The van der Waals surface area contributed by atoms with Crippen LogP contribution in [0.15, 0.2) is 102 Å². The molecule has 4 aromatic rings. The molecule has 5 rings (SSSR count). The molecule has 0 saturated heterocycles. The van der Waals surface area contributed by atoms with E-state index >= 15 is 0 Å². The van der Waals surface area contributed by atoms with E-state index in [0.29, 0.717) is 5.56 Å². The normalized spacial score (nSPS) is 14.8. The minimum Gasteiger partial charge on any atom is -0.352 e. The van der Waals surface area contributed by atoms with Crippen LogP contribution in [0, 0.1) is 5.82 Å². The van der Waals surface area contributed by atoms with Gasteiger partial charge in [0.1, 0.15) is 11.9 Å². The molecule has 1 fully saturated rings. The minimum atomic E-state index is -4.03. The first-order valence-corrected chi connectivity index (χ1v) is 16.5. The maximum absolute atomic E-state index is 14.1. The van der Waals surface area contributed by atoms with Crippen molar-refractivity contribution in [2.75, 3.05) is 13.6 Å². The fraction of sp³-hybridized carbons (Fsp3) is 0.314. The molecule has 0 aliphatic heterocycles. The second-order valence-corrected chi connectivity index (χ2v) is 13.5. The molecule has 230 valence electrons. The van der Waals surface area contributed by atoms with Gasteiger partial charge in [0.05, 0.1) is 11.4 Å². The van der Waals surface area contributed by atoms with Crippen molar-refractivity contribution in [3.8, 4) is 0 Å². The summed E-state index contributed by atoms with van der Waals surface area (Å²) in [5.74, 6) is -1.22. The number of hydrogen-bond acceptors (Lipinski definition) is 4. The van der Waals surface area contributed by atoms with Crippen LogP contribution in [0.25, 0.3) is 10.8 Å². The lowest BCUT2D eigenvalue weighted by Gasteiger charge is -2.34. The zero-order valence-electron chi connectivity index (χ0n) is 24.9. The Kier molecular flexibility index (Phi) is 10.1. The van der Waals surface area contributed by atoms with Crippen LogP contribution >= 0.6 is 0 Å². The first kappa shape index (κ1) is 31.3. The van der Waals surface area contributed by atoms with Gasteiger partial charge < -0.3 is 10.2 Å². The standard InChI is InChI=1S/C35H38FN3O4S/c1-38(44(42,43)32-21-18-28-12-8-9-13-29(28)23-32)25-34(40)39(24-27-16-19-30(36)20-17-27)33(22-26-10-4-2-5-11-26)35(41)37-31-14-6-3-7-15-31/h2,4-5,8-13,16-21,23,31,33H,3,6-7,14-15,22,24-25H2,1H3,(H,37,41)/t33-/m0/s1. The van der Waals surface area contributed by atoms with Crippen molar-refractivity contribution in [1.82, 2.24) is 14.5 Å². The van der Waals surface area contributed by atoms with Gasteiger partial charge in [-0.25, -0.2) is 12.8 Å². The largest absolute Gasteiger partial charge is 0.352 e. The van der Waals surface area contributed by atoms with Gasteiger partial charge in [-0.1, -0.05) is 92.1 Å². The van der Waals surface area contributed by atoms with E-state index < -0.39 is 34.3 Å². The van der Waals surface area contributed by atoms with Gasteiger partial charge in [-0.2, -0.15) is 4.31 Å². The summed E-state index contributed by atoms with van der Waals surface area (Å²) in [4.78, 5) is 29.6. The predicted molar refractivity (Wildman–Crippen MR) is 170 cm³/mol. The maximum Gasteiger partial charge on any atom is 0.243 e. The average Bonchev–Trinajstić information content (AvgIpc) is 3.04. The fourth-order valence-corrected chi connectivity index (χ4v) is 6.92. The average molecular weight is 616 g/mol. The van der Waals surface area contributed by atoms with Crippen LogP contribution in [-0.2, 0) is 32.6 Å². The number of rotatable bonds is 11. The highest BCUT2D eigenvalue weighted by atomic mass is 32.2. The quantitative estimate of drug-likeness (QED) is 0.235. The zero-order chi connectivity index (χ0) is 31.1. The van der Waals surface area contributed by atoms with E-state index in [1.54, 1.807) is 24.3 Å². The molecule has 1 N–H and O–H groups in total. The molecule has 0 spiro atoms. The number of carbonyl (C=O) groups excluding carboxylic acids is 2. The van der Waals surface area contributed by atoms with Gasteiger partial charge in [-0.3, -0.25) is 9.59 Å². The van der Waals surface area contributed by atoms with Gasteiger partial charge in [0.2, 0.25) is 21.8 Å². The molecule has 4 aromatic carbocycles. The first-order chi connectivity index (χ1) is 21.2. The molecule has 1 aliphatic rings. The Morgan fingerprint density at radius 2 is 1.50 bits per heavy atom. The highest BCUT2D eigenvalue weighted by Gasteiger charge is 2.34. The summed E-state index contributed by atoms with van der Waals surface area (Å²) < 4.78 is 42.0. The van der Waals surface area contributed by atoms with Crippen molar-refractivity contribution in [1.29, 1.82) is 0 Å². The van der Waals surface area contributed by atoms with Crippen molar-refractivity contribution < 1.29 is 22.4 Å². The molecule has 0 unspecified atom stereocenters. The Morgan fingerprint density at radius 3 is 2.20 bits per heavy atom. The maximum atomic E-state index is 14.1. The van der Waals surface area contributed by atoms with Gasteiger partial charge in [0.25, 0.3) is 0 Å². The first-order valence-electron chi connectivity index (χ1n) is 15.0. The molecule has 0 bridgehead atoms. The topological polar surface area (TPSA) is 86.8 Å². The summed E-state index contributed by atoms with van der Waals surface area (Å²) in [5, 5.41) is 4.85. The van der Waals surface area contributed by atoms with Crippen molar-refractivity contribution in [3.05, 3.63) is 114 Å². The van der Waals surface area contributed by atoms with Crippen molar-refractivity contribution in [3.63, 3.8) is 0 Å². The molecule has 1 atom stereocenters. The Labute approximate surface area is 258 Å². The second kappa shape index (κ2) is 14.1. The SMILES string of the molecule is CN(CC(=O)N(Cc1ccc(F)cc1)[C@@H](Cc1ccccc1)C(=O)NC1CCCCC1)S(=O)(=O)c1ccc2ccccc2c1. The van der Waals surface area contributed by atoms with Crippen LogP contribution in [0.3, 0.4) is 0 Å². The minimum absolute atomic E-state index is 0.0125. The molecule has 2 amide bonds. The molecular formula is C35H38FN3O4S. The molecular weight excluding hydrogens is 577 g/mol. The van der Waals surface area contributed by atoms with Crippen LogP contribution in [0.1, 0.15) is 43.2 Å². The van der Waals surface area contributed by atoms with E-state index in [9.17, 15) is 22.4 Å². The summed E-state index contributed by atoms with van der Waals surface area (Å²) in [5.41, 5.74) is 1.49. The summed E-state index contributed by atoms with van der Waals surface area (Å²) in [6, 6.07) is 26.6. The van der Waals surface area contributed by atoms with Crippen molar-refractivity contribution in [2.45, 2.75) is 62.0 Å². The van der Waals surface area contributed by atoms with E-state index in [2.05, 4.69) is 5.32 Å². The third-order valence-corrected chi connectivity index (χ3v) is 10.1. The Morgan fingerprint density at radius 1 is 0.841 bits per heavy atom. The lowest BCUT2D eigenvalue weighted by Crippen LogP contribution is -2.54. The monoisotopic (exact) mass is 615 g/mol. The van der Waals surface area contributed by atoms with E-state index in [1.165, 1.54) is 30.1 Å². The Balaban J connectivity index is 1.45. The number of fused-ring (bicyclic) bond motifs is 1. The number of halogens is 1. The fourth-order valence-electron chi connectivity index (χ4n) is 5.76. The number of sulfonamides is 1. The Bertz CT molecular complexity index is 1690. The molecule has 0 radical (unpaired) electrons. The lowest BCUT2D eigenvalue weighted by molar-refractivity contribution is -0.141. The van der Waals surface area contributed by atoms with Crippen LogP contribution in [0.2, 0.25) is 0 Å². The summed E-state index contributed by atoms with van der Waals surface area (Å²) >= 11 is 0. The van der Waals surface area contributed by atoms with Gasteiger partial charge in [0.15, 0.2) is 0 Å². The van der Waals surface area contributed by atoms with Crippen LogP contribution in [-0.4, -0.2) is 55.1 Å². The van der Waals surface area contributed by atoms with E-state index in [1.807, 2.05) is 54.6 Å². The van der Waals surface area contributed by atoms with Gasteiger partial charge in [0, 0.05) is 26.1 Å². The molecule has 44 heavy (non-hydrogen) atoms. The number of carbonyl (C=O) groups is 2. The van der Waals surface area contributed by atoms with Crippen LogP contribution in [0.5, 0.6) is 0 Å². The Hall–Kier alpha value is -4.08. The molecule has 7 nitrogen and oxygen atoms in total. The molecule has 1 aliphatic carbocycles. The van der Waals surface area contributed by atoms with Crippen molar-refractivity contribution >= 4 is 32.6 Å². The van der Waals surface area contributed by atoms with Gasteiger partial charge in [-0.15, -0.1) is 0 Å². The summed E-state index contributed by atoms with van der Waals surface area (Å²) in [6.07, 6.45) is 5.19. The number of likely N-dealkylation sites (N-methyl/N-ethyl adjacent to an activating group) is 1. The molecule has 0 heterocycles. The zero-order valence-corrected chi connectivity index (χ0v) is 25.7.